The second kappa shape index (κ2) is 6.66. The molecule has 0 amide bonds. The lowest BCUT2D eigenvalue weighted by Gasteiger charge is -2.25. The van der Waals surface area contributed by atoms with Crippen LogP contribution in [0, 0.1) is 30.6 Å². The molecule has 98 valence electrons. The summed E-state index contributed by atoms with van der Waals surface area (Å²) in [5, 5.41) is 2.96. The van der Waals surface area contributed by atoms with Crippen LogP contribution < -0.4 is 5.32 Å². The highest BCUT2D eigenvalue weighted by Gasteiger charge is 2.31. The smallest absolute Gasteiger partial charge is 0.123 e. The fourth-order valence-electron chi connectivity index (χ4n) is 1.84. The highest BCUT2D eigenvalue weighted by Crippen LogP contribution is 2.33. The van der Waals surface area contributed by atoms with Gasteiger partial charge in [0.1, 0.15) is 5.67 Å². The molecule has 0 aliphatic carbocycles. The summed E-state index contributed by atoms with van der Waals surface area (Å²) < 4.78 is 14.2. The van der Waals surface area contributed by atoms with Crippen LogP contribution in [0.1, 0.15) is 19.4 Å². The second-order valence-corrected chi connectivity index (χ2v) is 4.71. The van der Waals surface area contributed by atoms with Gasteiger partial charge in [-0.2, -0.15) is 0 Å². The van der Waals surface area contributed by atoms with Crippen molar-refractivity contribution >= 4 is 5.57 Å². The van der Waals surface area contributed by atoms with Crippen molar-refractivity contribution in [1.82, 2.24) is 5.32 Å². The van der Waals surface area contributed by atoms with Crippen LogP contribution in [-0.4, -0.2) is 12.2 Å². The van der Waals surface area contributed by atoms with Gasteiger partial charge in [0.15, 0.2) is 0 Å². The molecular weight excluding hydrogens is 237 g/mol. The third kappa shape index (κ3) is 4.19. The Balaban J connectivity index is 3.17. The molecule has 0 aliphatic rings. The van der Waals surface area contributed by atoms with E-state index in [1.807, 2.05) is 30.3 Å². The average molecular weight is 255 g/mol. The molecule has 0 bridgehead atoms. The van der Waals surface area contributed by atoms with Crippen molar-refractivity contribution in [2.45, 2.75) is 19.5 Å². The van der Waals surface area contributed by atoms with E-state index in [9.17, 15) is 4.39 Å². The molecule has 1 unspecified atom stereocenters. The van der Waals surface area contributed by atoms with Crippen LogP contribution in [0.25, 0.3) is 5.57 Å². The van der Waals surface area contributed by atoms with Gasteiger partial charge in [0.2, 0.25) is 0 Å². The van der Waals surface area contributed by atoms with Gasteiger partial charge in [0, 0.05) is 6.20 Å². The van der Waals surface area contributed by atoms with E-state index in [2.05, 4.69) is 17.2 Å². The van der Waals surface area contributed by atoms with Crippen molar-refractivity contribution in [3.8, 4) is 24.7 Å². The molecule has 1 aromatic rings. The molecule has 0 heterocycles. The van der Waals surface area contributed by atoms with E-state index in [4.69, 9.17) is 12.8 Å². The third-order valence-corrected chi connectivity index (χ3v) is 2.73. The lowest BCUT2D eigenvalue weighted by molar-refractivity contribution is 0.189. The molecule has 1 nitrogen and oxygen atoms in total. The maximum Gasteiger partial charge on any atom is 0.123 e. The maximum atomic E-state index is 14.2. The standard InChI is InChI=1S/C17H18FN/c1-5-12-19-13-15(14-10-8-7-9-11-14)16(6-2)17(3,4)18/h1-2,7-11,13,16,19H,12H2,3-4H3/b15-13-. The van der Waals surface area contributed by atoms with Gasteiger partial charge >= 0.3 is 0 Å². The van der Waals surface area contributed by atoms with E-state index in [0.29, 0.717) is 6.54 Å². The summed E-state index contributed by atoms with van der Waals surface area (Å²) in [7, 11) is 0. The van der Waals surface area contributed by atoms with Gasteiger partial charge < -0.3 is 5.32 Å². The lowest BCUT2D eigenvalue weighted by atomic mass is 9.83. The monoisotopic (exact) mass is 255 g/mol. The molecule has 0 saturated heterocycles. The first-order chi connectivity index (χ1) is 9.00. The van der Waals surface area contributed by atoms with Crippen LogP contribution in [0.15, 0.2) is 36.5 Å². The highest BCUT2D eigenvalue weighted by atomic mass is 19.1. The highest BCUT2D eigenvalue weighted by molar-refractivity contribution is 5.70. The molecular formula is C17H18FN. The van der Waals surface area contributed by atoms with E-state index < -0.39 is 11.6 Å². The number of alkyl halides is 1. The summed E-state index contributed by atoms with van der Waals surface area (Å²) in [5.41, 5.74) is 0.111. The summed E-state index contributed by atoms with van der Waals surface area (Å²) in [6.07, 6.45) is 12.4. The number of hydrogen-bond donors (Lipinski definition) is 1. The van der Waals surface area contributed by atoms with Crippen molar-refractivity contribution in [1.29, 1.82) is 0 Å². The van der Waals surface area contributed by atoms with E-state index in [1.54, 1.807) is 6.20 Å². The average Bonchev–Trinajstić information content (AvgIpc) is 2.37. The normalized spacial score (nSPS) is 13.2. The van der Waals surface area contributed by atoms with Crippen molar-refractivity contribution in [3.05, 3.63) is 42.1 Å². The zero-order chi connectivity index (χ0) is 14.3. The first-order valence-electron chi connectivity index (χ1n) is 6.08. The minimum absolute atomic E-state index is 0.375. The minimum atomic E-state index is -1.51. The first-order valence-corrected chi connectivity index (χ1v) is 6.08. The molecule has 0 radical (unpaired) electrons. The Bertz CT molecular complexity index is 509. The summed E-state index contributed by atoms with van der Waals surface area (Å²) >= 11 is 0. The molecule has 2 heteroatoms. The summed E-state index contributed by atoms with van der Waals surface area (Å²) in [5.74, 6) is 4.36. The Morgan fingerprint density at radius 2 is 2.00 bits per heavy atom. The van der Waals surface area contributed by atoms with Crippen LogP contribution in [0.4, 0.5) is 4.39 Å². The van der Waals surface area contributed by atoms with Gasteiger partial charge in [-0.15, -0.1) is 12.8 Å². The van der Waals surface area contributed by atoms with Crippen molar-refractivity contribution in [2.24, 2.45) is 5.92 Å². The fourth-order valence-corrected chi connectivity index (χ4v) is 1.84. The van der Waals surface area contributed by atoms with E-state index in [0.717, 1.165) is 11.1 Å². The Morgan fingerprint density at radius 1 is 1.37 bits per heavy atom. The molecule has 1 aromatic carbocycles. The molecule has 0 fully saturated rings. The zero-order valence-corrected chi connectivity index (χ0v) is 11.3. The Kier molecular flexibility index (Phi) is 5.22. The third-order valence-electron chi connectivity index (χ3n) is 2.73. The Morgan fingerprint density at radius 3 is 2.47 bits per heavy atom. The predicted octanol–water partition coefficient (Wildman–Crippen LogP) is 3.25. The maximum absolute atomic E-state index is 14.2. The number of benzene rings is 1. The Hall–Kier alpha value is -2.19. The topological polar surface area (TPSA) is 12.0 Å². The molecule has 1 atom stereocenters. The fraction of sp³-hybridized carbons (Fsp3) is 0.294. The lowest BCUT2D eigenvalue weighted by Crippen LogP contribution is -2.26. The number of terminal acetylenes is 2. The van der Waals surface area contributed by atoms with Crippen LogP contribution >= 0.6 is 0 Å². The molecule has 0 aliphatic heterocycles. The summed E-state index contributed by atoms with van der Waals surface area (Å²) in [6.45, 7) is 3.34. The predicted molar refractivity (Wildman–Crippen MR) is 78.8 cm³/mol. The van der Waals surface area contributed by atoms with Crippen LogP contribution in [0.3, 0.4) is 0 Å². The van der Waals surface area contributed by atoms with Gasteiger partial charge in [-0.25, -0.2) is 4.39 Å². The summed E-state index contributed by atoms with van der Waals surface area (Å²) in [6, 6.07) is 9.49. The minimum Gasteiger partial charge on any atom is -0.380 e. The number of rotatable bonds is 5. The molecule has 0 spiro atoms. The van der Waals surface area contributed by atoms with E-state index >= 15 is 0 Å². The van der Waals surface area contributed by atoms with Crippen LogP contribution in [0.5, 0.6) is 0 Å². The zero-order valence-electron chi connectivity index (χ0n) is 11.3. The van der Waals surface area contributed by atoms with Gasteiger partial charge in [0.25, 0.3) is 0 Å². The van der Waals surface area contributed by atoms with E-state index in [-0.39, 0.29) is 0 Å². The number of hydrogen-bond acceptors (Lipinski definition) is 1. The van der Waals surface area contributed by atoms with E-state index in [1.165, 1.54) is 13.8 Å². The van der Waals surface area contributed by atoms with Gasteiger partial charge in [0.05, 0.1) is 12.5 Å². The molecule has 1 N–H and O–H groups in total. The van der Waals surface area contributed by atoms with Gasteiger partial charge in [-0.3, -0.25) is 0 Å². The number of nitrogens with one attached hydrogen (secondary N) is 1. The molecule has 1 rings (SSSR count). The largest absolute Gasteiger partial charge is 0.380 e. The quantitative estimate of drug-likeness (QED) is 0.629. The molecule has 0 saturated carbocycles. The first kappa shape index (κ1) is 14.9. The van der Waals surface area contributed by atoms with Gasteiger partial charge in [-0.05, 0) is 25.0 Å². The van der Waals surface area contributed by atoms with Gasteiger partial charge in [-0.1, -0.05) is 42.2 Å². The second-order valence-electron chi connectivity index (χ2n) is 4.71. The Labute approximate surface area is 114 Å². The number of halogens is 1. The van der Waals surface area contributed by atoms with Crippen molar-refractivity contribution < 1.29 is 4.39 Å². The summed E-state index contributed by atoms with van der Waals surface area (Å²) in [4.78, 5) is 0. The van der Waals surface area contributed by atoms with Crippen molar-refractivity contribution in [3.63, 3.8) is 0 Å². The molecule has 0 aromatic heterocycles. The van der Waals surface area contributed by atoms with Crippen LogP contribution in [0.2, 0.25) is 0 Å². The number of allylic oxidation sites excluding steroid dienone is 1. The molecule has 19 heavy (non-hydrogen) atoms. The van der Waals surface area contributed by atoms with Crippen LogP contribution in [-0.2, 0) is 0 Å². The van der Waals surface area contributed by atoms with Crippen molar-refractivity contribution in [2.75, 3.05) is 6.54 Å². The SMILES string of the molecule is C#CCN/C=C(/c1ccccc1)C(C#C)C(C)(C)F.